The van der Waals surface area contributed by atoms with Crippen LogP contribution in [-0.4, -0.2) is 11.7 Å². The van der Waals surface area contributed by atoms with Crippen LogP contribution in [0.5, 0.6) is 0 Å². The molecule has 0 saturated heterocycles. The largest absolute Gasteiger partial charge is 0.396 e. The molecule has 2 rings (SSSR count). The molecule has 100 valence electrons. The van der Waals surface area contributed by atoms with E-state index in [1.54, 1.807) is 0 Å². The highest BCUT2D eigenvalue weighted by Crippen LogP contribution is 2.38. The lowest BCUT2D eigenvalue weighted by atomic mass is 9.75. The summed E-state index contributed by atoms with van der Waals surface area (Å²) in [4.78, 5) is 0. The van der Waals surface area contributed by atoms with E-state index < -0.39 is 0 Å². The maximum absolute atomic E-state index is 9.85. The first kappa shape index (κ1) is 13.6. The highest BCUT2D eigenvalue weighted by molar-refractivity contribution is 5.40. The van der Waals surface area contributed by atoms with Gasteiger partial charge >= 0.3 is 0 Å². The van der Waals surface area contributed by atoms with E-state index in [9.17, 15) is 5.11 Å². The monoisotopic (exact) mass is 246 g/mol. The molecule has 0 heterocycles. The van der Waals surface area contributed by atoms with E-state index in [-0.39, 0.29) is 0 Å². The van der Waals surface area contributed by atoms with Gasteiger partial charge in [-0.3, -0.25) is 0 Å². The van der Waals surface area contributed by atoms with Gasteiger partial charge in [0.15, 0.2) is 0 Å². The van der Waals surface area contributed by atoms with Crippen molar-refractivity contribution in [2.75, 3.05) is 6.61 Å². The van der Waals surface area contributed by atoms with Crippen LogP contribution < -0.4 is 0 Å². The van der Waals surface area contributed by atoms with Crippen molar-refractivity contribution in [1.29, 1.82) is 0 Å². The maximum atomic E-state index is 9.85. The highest BCUT2D eigenvalue weighted by atomic mass is 16.3. The van der Waals surface area contributed by atoms with Crippen molar-refractivity contribution in [2.45, 2.75) is 58.8 Å². The molecule has 0 aromatic heterocycles. The number of hydrogen-bond acceptors (Lipinski definition) is 1. The molecule has 1 saturated carbocycles. The van der Waals surface area contributed by atoms with Crippen molar-refractivity contribution in [1.82, 2.24) is 0 Å². The minimum absolute atomic E-state index is 0.301. The van der Waals surface area contributed by atoms with Crippen molar-refractivity contribution >= 4 is 0 Å². The molecule has 1 aliphatic rings. The normalized spacial score (nSPS) is 18.9. The van der Waals surface area contributed by atoms with Crippen LogP contribution in [0.2, 0.25) is 0 Å². The third kappa shape index (κ3) is 2.77. The van der Waals surface area contributed by atoms with Crippen LogP contribution in [-0.2, 0) is 0 Å². The number of aliphatic hydroxyl groups is 1. The molecule has 1 fully saturated rings. The predicted molar refractivity (Wildman–Crippen MR) is 77.1 cm³/mol. The Bertz CT molecular complexity index is 379. The van der Waals surface area contributed by atoms with Gasteiger partial charge in [-0.15, -0.1) is 0 Å². The molecular weight excluding hydrogens is 220 g/mol. The van der Waals surface area contributed by atoms with Gasteiger partial charge in [-0.25, -0.2) is 0 Å². The van der Waals surface area contributed by atoms with Gasteiger partial charge in [-0.1, -0.05) is 37.0 Å². The third-order valence-corrected chi connectivity index (χ3v) is 4.52. The van der Waals surface area contributed by atoms with Gasteiger partial charge < -0.3 is 5.11 Å². The summed E-state index contributed by atoms with van der Waals surface area (Å²) in [5.74, 6) is 1.04. The predicted octanol–water partition coefficient (Wildman–Crippen LogP) is 4.27. The second kappa shape index (κ2) is 5.88. The van der Waals surface area contributed by atoms with Crippen molar-refractivity contribution in [3.63, 3.8) is 0 Å². The van der Waals surface area contributed by atoms with E-state index in [4.69, 9.17) is 0 Å². The van der Waals surface area contributed by atoms with Gasteiger partial charge in [0, 0.05) is 5.92 Å². The Balaban J connectivity index is 2.32. The third-order valence-electron chi connectivity index (χ3n) is 4.52. The summed E-state index contributed by atoms with van der Waals surface area (Å²) in [7, 11) is 0. The van der Waals surface area contributed by atoms with E-state index in [0.717, 1.165) is 0 Å². The fourth-order valence-electron chi connectivity index (χ4n) is 3.79. The zero-order chi connectivity index (χ0) is 13.1. The molecule has 0 amide bonds. The van der Waals surface area contributed by atoms with E-state index in [2.05, 4.69) is 32.9 Å². The van der Waals surface area contributed by atoms with E-state index in [1.807, 2.05) is 0 Å². The Morgan fingerprint density at radius 3 is 2.11 bits per heavy atom. The molecule has 0 bridgehead atoms. The average Bonchev–Trinajstić information content (AvgIpc) is 2.34. The summed E-state index contributed by atoms with van der Waals surface area (Å²) in [6.45, 7) is 6.84. The molecule has 1 nitrogen and oxygen atoms in total. The van der Waals surface area contributed by atoms with Gasteiger partial charge in [-0.2, -0.15) is 0 Å². The molecule has 1 atom stereocenters. The fraction of sp³-hybridized carbons (Fsp3) is 0.647. The van der Waals surface area contributed by atoms with Gasteiger partial charge in [0.2, 0.25) is 0 Å². The van der Waals surface area contributed by atoms with E-state index in [1.165, 1.54) is 54.4 Å². The van der Waals surface area contributed by atoms with Crippen LogP contribution in [0.15, 0.2) is 12.1 Å². The molecule has 1 aliphatic carbocycles. The molecule has 0 spiro atoms. The standard InChI is InChI=1S/C17H26O/c1-12-9-13(2)17(14(3)10-12)16(11-18)15-7-5-4-6-8-15/h9-10,15-16,18H,4-8,11H2,1-3H3. The van der Waals surface area contributed by atoms with Crippen molar-refractivity contribution in [3.05, 3.63) is 34.4 Å². The van der Waals surface area contributed by atoms with Gasteiger partial charge in [0.1, 0.15) is 0 Å². The number of rotatable bonds is 3. The fourth-order valence-corrected chi connectivity index (χ4v) is 3.79. The van der Waals surface area contributed by atoms with Crippen molar-refractivity contribution in [2.24, 2.45) is 5.92 Å². The molecule has 18 heavy (non-hydrogen) atoms. The maximum Gasteiger partial charge on any atom is 0.0502 e. The topological polar surface area (TPSA) is 20.2 Å². The summed E-state index contributed by atoms with van der Waals surface area (Å²) in [5, 5.41) is 9.85. The first-order chi connectivity index (χ1) is 8.63. The smallest absolute Gasteiger partial charge is 0.0502 e. The zero-order valence-electron chi connectivity index (χ0n) is 12.0. The minimum atomic E-state index is 0.301. The molecule has 0 radical (unpaired) electrons. The van der Waals surface area contributed by atoms with Crippen LogP contribution in [0.25, 0.3) is 0 Å². The number of aliphatic hydroxyl groups excluding tert-OH is 1. The van der Waals surface area contributed by atoms with Crippen molar-refractivity contribution < 1.29 is 5.11 Å². The SMILES string of the molecule is Cc1cc(C)c(C(CO)C2CCCCC2)c(C)c1. The lowest BCUT2D eigenvalue weighted by molar-refractivity contribution is 0.195. The van der Waals surface area contributed by atoms with E-state index >= 15 is 0 Å². The quantitative estimate of drug-likeness (QED) is 0.844. The van der Waals surface area contributed by atoms with Gasteiger partial charge in [0.05, 0.1) is 6.61 Å². The van der Waals surface area contributed by atoms with Gasteiger partial charge in [-0.05, 0) is 56.2 Å². The Morgan fingerprint density at radius 2 is 1.61 bits per heavy atom. The summed E-state index contributed by atoms with van der Waals surface area (Å²) in [6, 6.07) is 4.52. The molecule has 1 heteroatoms. The van der Waals surface area contributed by atoms with Crippen LogP contribution in [0.3, 0.4) is 0 Å². The second-order valence-electron chi connectivity index (χ2n) is 6.00. The van der Waals surface area contributed by atoms with Crippen LogP contribution in [0, 0.1) is 26.7 Å². The Hall–Kier alpha value is -0.820. The number of benzene rings is 1. The summed E-state index contributed by atoms with van der Waals surface area (Å²) >= 11 is 0. The van der Waals surface area contributed by atoms with E-state index in [0.29, 0.717) is 18.4 Å². The number of hydrogen-bond donors (Lipinski definition) is 1. The molecule has 1 aromatic rings. The first-order valence-electron chi connectivity index (χ1n) is 7.32. The lowest BCUT2D eigenvalue weighted by Crippen LogP contribution is -2.21. The first-order valence-corrected chi connectivity index (χ1v) is 7.32. The molecule has 0 aliphatic heterocycles. The summed E-state index contributed by atoms with van der Waals surface area (Å²) in [6.07, 6.45) is 6.63. The zero-order valence-corrected chi connectivity index (χ0v) is 12.0. The van der Waals surface area contributed by atoms with Crippen LogP contribution in [0.1, 0.15) is 60.3 Å². The highest BCUT2D eigenvalue weighted by Gasteiger charge is 2.26. The molecule has 1 aromatic carbocycles. The summed E-state index contributed by atoms with van der Waals surface area (Å²) in [5.41, 5.74) is 5.46. The van der Waals surface area contributed by atoms with Gasteiger partial charge in [0.25, 0.3) is 0 Å². The Labute approximate surface area is 111 Å². The summed E-state index contributed by atoms with van der Waals surface area (Å²) < 4.78 is 0. The number of aryl methyl sites for hydroxylation is 3. The second-order valence-corrected chi connectivity index (χ2v) is 6.00. The average molecular weight is 246 g/mol. The Morgan fingerprint density at radius 1 is 1.06 bits per heavy atom. The lowest BCUT2D eigenvalue weighted by Gasteiger charge is -2.31. The Kier molecular flexibility index (Phi) is 4.45. The molecular formula is C17H26O. The van der Waals surface area contributed by atoms with Crippen molar-refractivity contribution in [3.8, 4) is 0 Å². The minimum Gasteiger partial charge on any atom is -0.396 e. The van der Waals surface area contributed by atoms with Crippen LogP contribution in [0.4, 0.5) is 0 Å². The molecule has 1 unspecified atom stereocenters. The van der Waals surface area contributed by atoms with Crippen LogP contribution >= 0.6 is 0 Å². The molecule has 1 N–H and O–H groups in total.